The molecule has 0 aliphatic carbocycles. The monoisotopic (exact) mass is 364 g/mol. The van der Waals surface area contributed by atoms with E-state index in [1.807, 2.05) is 49.1 Å². The van der Waals surface area contributed by atoms with Crippen molar-refractivity contribution >= 4 is 33.1 Å². The Hall–Kier alpha value is -2.15. The van der Waals surface area contributed by atoms with Gasteiger partial charge in [-0.2, -0.15) is 0 Å². The van der Waals surface area contributed by atoms with E-state index in [9.17, 15) is 10.1 Å². The Bertz CT molecular complexity index is 691. The molecule has 0 N–H and O–H groups in total. The molecular formula is C15H17BrN4O2. The minimum Gasteiger partial charge on any atom is -0.378 e. The largest absolute Gasteiger partial charge is 0.378 e. The number of hydrogen-bond acceptors (Lipinski definition) is 5. The van der Waals surface area contributed by atoms with Crippen LogP contribution in [0.2, 0.25) is 0 Å². The Kier molecular flexibility index (Phi) is 4.97. The van der Waals surface area contributed by atoms with Gasteiger partial charge in [-0.05, 0) is 33.6 Å². The van der Waals surface area contributed by atoms with Gasteiger partial charge in [0.2, 0.25) is 0 Å². The average Bonchev–Trinajstić information content (AvgIpc) is 2.47. The van der Waals surface area contributed by atoms with Gasteiger partial charge in [0, 0.05) is 39.4 Å². The molecule has 0 spiro atoms. The number of anilines is 2. The summed E-state index contributed by atoms with van der Waals surface area (Å²) in [6.07, 6.45) is 1.27. The van der Waals surface area contributed by atoms with Crippen LogP contribution in [-0.4, -0.2) is 31.1 Å². The van der Waals surface area contributed by atoms with E-state index >= 15 is 0 Å². The number of hydrogen-bond donors (Lipinski definition) is 0. The second kappa shape index (κ2) is 6.74. The molecular weight excluding hydrogens is 348 g/mol. The summed E-state index contributed by atoms with van der Waals surface area (Å²) < 4.78 is 0.605. The van der Waals surface area contributed by atoms with Crippen molar-refractivity contribution < 1.29 is 4.92 Å². The van der Waals surface area contributed by atoms with Gasteiger partial charge in [-0.1, -0.05) is 12.1 Å². The van der Waals surface area contributed by atoms with Crippen LogP contribution in [0, 0.1) is 10.1 Å². The molecule has 1 aromatic carbocycles. The number of nitro groups is 1. The third-order valence-electron chi connectivity index (χ3n) is 3.23. The van der Waals surface area contributed by atoms with E-state index in [2.05, 4.69) is 27.0 Å². The van der Waals surface area contributed by atoms with Gasteiger partial charge in [0.25, 0.3) is 5.69 Å². The zero-order valence-corrected chi connectivity index (χ0v) is 14.2. The zero-order chi connectivity index (χ0) is 16.3. The predicted molar refractivity (Wildman–Crippen MR) is 91.5 cm³/mol. The fourth-order valence-corrected chi connectivity index (χ4v) is 2.72. The Morgan fingerprint density at radius 3 is 2.59 bits per heavy atom. The minimum atomic E-state index is -0.456. The summed E-state index contributed by atoms with van der Waals surface area (Å²) in [4.78, 5) is 18.5. The van der Waals surface area contributed by atoms with Crippen LogP contribution in [0.25, 0.3) is 0 Å². The molecule has 0 saturated carbocycles. The van der Waals surface area contributed by atoms with Gasteiger partial charge in [0.05, 0.1) is 9.40 Å². The topological polar surface area (TPSA) is 62.5 Å². The molecule has 6 nitrogen and oxygen atoms in total. The number of halogens is 1. The van der Waals surface area contributed by atoms with Crippen molar-refractivity contribution in [1.82, 2.24) is 4.98 Å². The van der Waals surface area contributed by atoms with Gasteiger partial charge in [0.1, 0.15) is 12.0 Å². The first kappa shape index (κ1) is 16.2. The highest BCUT2D eigenvalue weighted by atomic mass is 79.9. The number of benzene rings is 1. The number of nitrogens with zero attached hydrogens (tertiary/aromatic N) is 4. The molecule has 1 aromatic heterocycles. The molecule has 116 valence electrons. The number of pyridine rings is 1. The molecule has 0 atom stereocenters. The lowest BCUT2D eigenvalue weighted by Crippen LogP contribution is -2.18. The Morgan fingerprint density at radius 2 is 2.00 bits per heavy atom. The maximum absolute atomic E-state index is 10.8. The normalized spacial score (nSPS) is 10.4. The van der Waals surface area contributed by atoms with E-state index in [1.165, 1.54) is 12.3 Å². The maximum Gasteiger partial charge on any atom is 0.288 e. The first-order chi connectivity index (χ1) is 10.4. The van der Waals surface area contributed by atoms with Crippen molar-refractivity contribution in [2.45, 2.75) is 6.54 Å². The smallest absolute Gasteiger partial charge is 0.288 e. The van der Waals surface area contributed by atoms with E-state index in [-0.39, 0.29) is 5.69 Å². The molecule has 7 heteroatoms. The molecule has 2 aromatic rings. The number of rotatable bonds is 5. The SMILES string of the molecule is CN(C)c1cccc(CN(C)c2ncc([N+](=O)[O-])cc2Br)c1. The molecule has 0 saturated heterocycles. The van der Waals surface area contributed by atoms with Gasteiger partial charge >= 0.3 is 0 Å². The molecule has 1 heterocycles. The first-order valence-corrected chi connectivity index (χ1v) is 7.45. The molecule has 2 rings (SSSR count). The molecule has 0 bridgehead atoms. The van der Waals surface area contributed by atoms with Crippen molar-refractivity contribution in [3.05, 3.63) is 56.7 Å². The van der Waals surface area contributed by atoms with Crippen LogP contribution in [0.1, 0.15) is 5.56 Å². The zero-order valence-electron chi connectivity index (χ0n) is 12.7. The van der Waals surface area contributed by atoms with Crippen LogP contribution in [0.5, 0.6) is 0 Å². The minimum absolute atomic E-state index is 0.0290. The van der Waals surface area contributed by atoms with Crippen molar-refractivity contribution in [1.29, 1.82) is 0 Å². The Labute approximate surface area is 137 Å². The molecule has 0 fully saturated rings. The quantitative estimate of drug-likeness (QED) is 0.600. The van der Waals surface area contributed by atoms with Crippen molar-refractivity contribution in [3.8, 4) is 0 Å². The number of aromatic nitrogens is 1. The van der Waals surface area contributed by atoms with Gasteiger partial charge < -0.3 is 9.80 Å². The van der Waals surface area contributed by atoms with E-state index in [0.29, 0.717) is 16.8 Å². The maximum atomic E-state index is 10.8. The van der Waals surface area contributed by atoms with Gasteiger partial charge in [-0.15, -0.1) is 0 Å². The molecule has 22 heavy (non-hydrogen) atoms. The summed E-state index contributed by atoms with van der Waals surface area (Å²) in [5.41, 5.74) is 2.24. The second-order valence-corrected chi connectivity index (χ2v) is 6.03. The third-order valence-corrected chi connectivity index (χ3v) is 3.81. The summed E-state index contributed by atoms with van der Waals surface area (Å²) in [5.74, 6) is 0.667. The lowest BCUT2D eigenvalue weighted by molar-refractivity contribution is -0.385. The Balaban J connectivity index is 2.20. The van der Waals surface area contributed by atoms with Gasteiger partial charge in [0.15, 0.2) is 0 Å². The van der Waals surface area contributed by atoms with Crippen LogP contribution in [0.3, 0.4) is 0 Å². The van der Waals surface area contributed by atoms with Crippen LogP contribution in [0.15, 0.2) is 41.0 Å². The lowest BCUT2D eigenvalue weighted by Gasteiger charge is -2.20. The van der Waals surface area contributed by atoms with Crippen molar-refractivity contribution in [3.63, 3.8) is 0 Å². The fraction of sp³-hybridized carbons (Fsp3) is 0.267. The Morgan fingerprint density at radius 1 is 1.27 bits per heavy atom. The van der Waals surface area contributed by atoms with Crippen LogP contribution >= 0.6 is 15.9 Å². The van der Waals surface area contributed by atoms with E-state index in [1.54, 1.807) is 0 Å². The van der Waals surface area contributed by atoms with Gasteiger partial charge in [-0.25, -0.2) is 4.98 Å². The first-order valence-electron chi connectivity index (χ1n) is 6.66. The van der Waals surface area contributed by atoms with Crippen LogP contribution in [-0.2, 0) is 6.54 Å². The molecule has 0 amide bonds. The summed E-state index contributed by atoms with van der Waals surface area (Å²) in [6, 6.07) is 9.67. The standard InChI is InChI=1S/C15H17BrN4O2/c1-18(2)12-6-4-5-11(7-12)10-19(3)15-14(16)8-13(9-17-15)20(21)22/h4-9H,10H2,1-3H3. The third kappa shape index (κ3) is 3.73. The fourth-order valence-electron chi connectivity index (χ4n) is 2.08. The molecule has 0 aliphatic rings. The highest BCUT2D eigenvalue weighted by molar-refractivity contribution is 9.10. The molecule has 0 aliphatic heterocycles. The highest BCUT2D eigenvalue weighted by Crippen LogP contribution is 2.28. The summed E-state index contributed by atoms with van der Waals surface area (Å²) in [7, 11) is 5.90. The highest BCUT2D eigenvalue weighted by Gasteiger charge is 2.14. The van der Waals surface area contributed by atoms with Crippen LogP contribution in [0.4, 0.5) is 17.2 Å². The predicted octanol–water partition coefficient (Wildman–Crippen LogP) is 3.45. The van der Waals surface area contributed by atoms with Gasteiger partial charge in [-0.3, -0.25) is 10.1 Å². The summed E-state index contributed by atoms with van der Waals surface area (Å²) >= 11 is 3.35. The second-order valence-electron chi connectivity index (χ2n) is 5.18. The summed E-state index contributed by atoms with van der Waals surface area (Å²) in [5, 5.41) is 10.8. The lowest BCUT2D eigenvalue weighted by atomic mass is 10.2. The van der Waals surface area contributed by atoms with Crippen LogP contribution < -0.4 is 9.80 Å². The van der Waals surface area contributed by atoms with E-state index < -0.39 is 4.92 Å². The molecule has 0 unspecified atom stereocenters. The molecule has 0 radical (unpaired) electrons. The van der Waals surface area contributed by atoms with Crippen molar-refractivity contribution in [2.75, 3.05) is 30.9 Å². The van der Waals surface area contributed by atoms with E-state index in [4.69, 9.17) is 0 Å². The average molecular weight is 365 g/mol. The summed E-state index contributed by atoms with van der Waals surface area (Å²) in [6.45, 7) is 0.658. The van der Waals surface area contributed by atoms with Crippen molar-refractivity contribution in [2.24, 2.45) is 0 Å². The van der Waals surface area contributed by atoms with E-state index in [0.717, 1.165) is 11.3 Å².